The second-order valence-corrected chi connectivity index (χ2v) is 3.97. The van der Waals surface area contributed by atoms with Gasteiger partial charge in [0.1, 0.15) is 0 Å². The summed E-state index contributed by atoms with van der Waals surface area (Å²) in [5.41, 5.74) is 2.03. The Morgan fingerprint density at radius 2 is 1.88 bits per heavy atom. The van der Waals surface area contributed by atoms with Crippen LogP contribution < -0.4 is 5.48 Å². The van der Waals surface area contributed by atoms with Gasteiger partial charge in [-0.2, -0.15) is 0 Å². The van der Waals surface area contributed by atoms with E-state index in [1.165, 1.54) is 0 Å². The average molecular weight is 296 g/mol. The molecule has 0 unspecified atom stereocenters. The summed E-state index contributed by atoms with van der Waals surface area (Å²) in [5.74, 6) is -0.513. The molecule has 0 heterocycles. The van der Waals surface area contributed by atoms with E-state index in [0.717, 1.165) is 15.2 Å². The molecule has 90 valence electrons. The van der Waals surface area contributed by atoms with Crippen LogP contribution in [0.4, 0.5) is 0 Å². The van der Waals surface area contributed by atoms with E-state index >= 15 is 0 Å². The summed E-state index contributed by atoms with van der Waals surface area (Å²) >= 11 is 3.38. The molecule has 2 aromatic rings. The minimum atomic E-state index is -0.513. The minimum Gasteiger partial charge on any atom is -0.288 e. The van der Waals surface area contributed by atoms with Gasteiger partial charge in [-0.05, 0) is 22.9 Å². The number of amides is 1. The summed E-state index contributed by atoms with van der Waals surface area (Å²) < 4.78 is 0.833. The van der Waals surface area contributed by atoms with Crippen LogP contribution in [-0.4, -0.2) is 11.1 Å². The van der Waals surface area contributed by atoms with E-state index in [9.17, 15) is 4.79 Å². The lowest BCUT2D eigenvalue weighted by molar-refractivity contribution is 0.0706. The second-order valence-electron chi connectivity index (χ2n) is 3.12. The number of rotatable bonds is 1. The van der Waals surface area contributed by atoms with Gasteiger partial charge >= 0.3 is 0 Å². The first-order valence-corrected chi connectivity index (χ1v) is 6.14. The molecular formula is C13H14BrNO2. The Morgan fingerprint density at radius 1 is 1.24 bits per heavy atom. The molecular weight excluding hydrogens is 282 g/mol. The van der Waals surface area contributed by atoms with Crippen molar-refractivity contribution in [1.82, 2.24) is 5.48 Å². The van der Waals surface area contributed by atoms with Crippen molar-refractivity contribution in [2.75, 3.05) is 0 Å². The molecule has 0 spiro atoms. The lowest BCUT2D eigenvalue weighted by Crippen LogP contribution is -2.18. The second kappa shape index (κ2) is 6.37. The van der Waals surface area contributed by atoms with Crippen LogP contribution in [0.5, 0.6) is 0 Å². The molecule has 0 radical (unpaired) electrons. The van der Waals surface area contributed by atoms with E-state index in [1.54, 1.807) is 17.6 Å². The number of hydrogen-bond donors (Lipinski definition) is 2. The zero-order chi connectivity index (χ0) is 12.8. The third kappa shape index (κ3) is 3.05. The molecule has 1 amide bonds. The molecule has 0 aromatic heterocycles. The summed E-state index contributed by atoms with van der Waals surface area (Å²) in [5, 5.41) is 10.5. The van der Waals surface area contributed by atoms with Gasteiger partial charge < -0.3 is 0 Å². The highest BCUT2D eigenvalue weighted by Gasteiger charge is 2.07. The smallest absolute Gasteiger partial charge is 0.274 e. The molecule has 0 fully saturated rings. The number of halogens is 1. The highest BCUT2D eigenvalue weighted by Crippen LogP contribution is 2.25. The summed E-state index contributed by atoms with van der Waals surface area (Å²) in [6.45, 7) is 4.00. The van der Waals surface area contributed by atoms with E-state index in [2.05, 4.69) is 15.9 Å². The molecule has 4 heteroatoms. The number of hydrogen-bond acceptors (Lipinski definition) is 2. The summed E-state index contributed by atoms with van der Waals surface area (Å²) in [4.78, 5) is 11.2. The largest absolute Gasteiger partial charge is 0.288 e. The van der Waals surface area contributed by atoms with Crippen LogP contribution in [0.15, 0.2) is 40.9 Å². The fraction of sp³-hybridized carbons (Fsp3) is 0.154. The van der Waals surface area contributed by atoms with Gasteiger partial charge in [0.25, 0.3) is 5.91 Å². The Bertz CT molecular complexity index is 526. The van der Waals surface area contributed by atoms with Crippen LogP contribution in [0.2, 0.25) is 0 Å². The third-order valence-electron chi connectivity index (χ3n) is 2.18. The monoisotopic (exact) mass is 295 g/mol. The van der Waals surface area contributed by atoms with Gasteiger partial charge in [-0.3, -0.25) is 10.0 Å². The molecule has 0 bridgehead atoms. The molecule has 0 atom stereocenters. The number of fused-ring (bicyclic) bond motifs is 1. The highest BCUT2D eigenvalue weighted by atomic mass is 79.9. The van der Waals surface area contributed by atoms with Crippen molar-refractivity contribution < 1.29 is 10.0 Å². The van der Waals surface area contributed by atoms with Gasteiger partial charge in [-0.1, -0.05) is 54.0 Å². The van der Waals surface area contributed by atoms with E-state index in [4.69, 9.17) is 5.21 Å². The van der Waals surface area contributed by atoms with Crippen LogP contribution in [0.3, 0.4) is 0 Å². The van der Waals surface area contributed by atoms with E-state index in [0.29, 0.717) is 5.56 Å². The Hall–Kier alpha value is -1.39. The minimum absolute atomic E-state index is 0.420. The fourth-order valence-corrected chi connectivity index (χ4v) is 2.07. The van der Waals surface area contributed by atoms with Crippen molar-refractivity contribution in [2.45, 2.75) is 13.8 Å². The van der Waals surface area contributed by atoms with Crippen LogP contribution in [0, 0.1) is 0 Å². The molecule has 0 aliphatic heterocycles. The molecule has 17 heavy (non-hydrogen) atoms. The van der Waals surface area contributed by atoms with Crippen molar-refractivity contribution >= 4 is 32.6 Å². The van der Waals surface area contributed by atoms with E-state index in [1.807, 2.05) is 38.1 Å². The number of hydroxylamine groups is 1. The Morgan fingerprint density at radius 3 is 2.53 bits per heavy atom. The van der Waals surface area contributed by atoms with Crippen LogP contribution in [0.1, 0.15) is 24.2 Å². The SMILES string of the molecule is CC.O=C(NO)c1cc(Br)c2ccccc2c1. The normalized spacial score (nSPS) is 9.41. The van der Waals surface area contributed by atoms with Crippen molar-refractivity contribution in [3.63, 3.8) is 0 Å². The van der Waals surface area contributed by atoms with Gasteiger partial charge in [0.15, 0.2) is 0 Å². The van der Waals surface area contributed by atoms with Gasteiger partial charge in [0.05, 0.1) is 0 Å². The maximum Gasteiger partial charge on any atom is 0.274 e. The summed E-state index contributed by atoms with van der Waals surface area (Å²) in [6, 6.07) is 11.1. The Kier molecular flexibility index (Phi) is 5.12. The molecule has 0 saturated carbocycles. The summed E-state index contributed by atoms with van der Waals surface area (Å²) in [6.07, 6.45) is 0. The lowest BCUT2D eigenvalue weighted by Gasteiger charge is -2.04. The molecule has 3 nitrogen and oxygen atoms in total. The number of nitrogens with one attached hydrogen (secondary N) is 1. The first-order valence-electron chi connectivity index (χ1n) is 5.35. The molecule has 0 aliphatic carbocycles. The Balaban J connectivity index is 0.000000686. The van der Waals surface area contributed by atoms with Crippen molar-refractivity contribution in [3.05, 3.63) is 46.4 Å². The van der Waals surface area contributed by atoms with Crippen molar-refractivity contribution in [2.24, 2.45) is 0 Å². The molecule has 2 rings (SSSR count). The third-order valence-corrected chi connectivity index (χ3v) is 2.83. The van der Waals surface area contributed by atoms with Gasteiger partial charge in [0, 0.05) is 10.0 Å². The molecule has 2 aromatic carbocycles. The first kappa shape index (κ1) is 13.7. The molecule has 0 saturated heterocycles. The van der Waals surface area contributed by atoms with Crippen LogP contribution in [0.25, 0.3) is 10.8 Å². The van der Waals surface area contributed by atoms with Gasteiger partial charge in [-0.15, -0.1) is 0 Å². The van der Waals surface area contributed by atoms with Crippen LogP contribution in [-0.2, 0) is 0 Å². The van der Waals surface area contributed by atoms with E-state index < -0.39 is 5.91 Å². The number of benzene rings is 2. The summed E-state index contributed by atoms with van der Waals surface area (Å²) in [7, 11) is 0. The van der Waals surface area contributed by atoms with Crippen LogP contribution >= 0.6 is 15.9 Å². The van der Waals surface area contributed by atoms with Crippen molar-refractivity contribution in [1.29, 1.82) is 0 Å². The fourth-order valence-electron chi connectivity index (χ4n) is 1.46. The standard InChI is InChI=1S/C11H8BrNO2.C2H6/c12-10-6-8(11(14)13-15)5-7-3-1-2-4-9(7)10;1-2/h1-6,15H,(H,13,14);1-2H3. The van der Waals surface area contributed by atoms with E-state index in [-0.39, 0.29) is 0 Å². The molecule has 0 aliphatic rings. The molecule has 2 N–H and O–H groups in total. The maximum absolute atomic E-state index is 11.2. The maximum atomic E-state index is 11.2. The number of carbonyl (C=O) groups excluding carboxylic acids is 1. The first-order chi connectivity index (χ1) is 8.22. The van der Waals surface area contributed by atoms with Gasteiger partial charge in [0.2, 0.25) is 0 Å². The topological polar surface area (TPSA) is 49.3 Å². The predicted octanol–water partition coefficient (Wildman–Crippen LogP) is 3.75. The quantitative estimate of drug-likeness (QED) is 0.622. The zero-order valence-electron chi connectivity index (χ0n) is 9.70. The van der Waals surface area contributed by atoms with Crippen molar-refractivity contribution in [3.8, 4) is 0 Å². The zero-order valence-corrected chi connectivity index (χ0v) is 11.3. The average Bonchev–Trinajstić information content (AvgIpc) is 2.40. The Labute approximate surface area is 109 Å². The highest BCUT2D eigenvalue weighted by molar-refractivity contribution is 9.10. The lowest BCUT2D eigenvalue weighted by atomic mass is 10.1. The number of carbonyl (C=O) groups is 1. The van der Waals surface area contributed by atoms with Gasteiger partial charge in [-0.25, -0.2) is 5.48 Å². The predicted molar refractivity (Wildman–Crippen MR) is 72.2 cm³/mol.